The van der Waals surface area contributed by atoms with Gasteiger partial charge in [0.15, 0.2) is 0 Å². The van der Waals surface area contributed by atoms with Gasteiger partial charge in [0.05, 0.1) is 5.69 Å². The minimum Gasteiger partial charge on any atom is -0.326 e. The van der Waals surface area contributed by atoms with Crippen molar-refractivity contribution in [3.8, 4) is 0 Å². The average Bonchev–Trinajstić information content (AvgIpc) is 2.67. The summed E-state index contributed by atoms with van der Waals surface area (Å²) in [5.41, 5.74) is 4.93. The van der Waals surface area contributed by atoms with Crippen molar-refractivity contribution in [3.05, 3.63) is 82.8 Å². The maximum absolute atomic E-state index is 12.3. The molecule has 0 bridgehead atoms. The minimum atomic E-state index is -0.163. The number of benzene rings is 3. The van der Waals surface area contributed by atoms with Gasteiger partial charge in [-0.3, -0.25) is 15.5 Å². The van der Waals surface area contributed by atoms with Crippen LogP contribution in [0.25, 0.3) is 0 Å². The molecule has 0 spiro atoms. The Morgan fingerprint density at radius 2 is 1.62 bits per heavy atom. The Labute approximate surface area is 164 Å². The Kier molecular flexibility index (Phi) is 6.17. The van der Waals surface area contributed by atoms with Crippen molar-refractivity contribution in [2.45, 2.75) is 4.90 Å². The summed E-state index contributed by atoms with van der Waals surface area (Å²) >= 11 is 4.80. The number of carbonyl (C=O) groups excluding carboxylic acids is 1. The van der Waals surface area contributed by atoms with E-state index < -0.39 is 0 Å². The Morgan fingerprint density at radius 1 is 0.885 bits per heavy atom. The van der Waals surface area contributed by atoms with E-state index in [1.807, 2.05) is 54.6 Å². The van der Waals surface area contributed by atoms with E-state index in [9.17, 15) is 4.79 Å². The first kappa shape index (κ1) is 18.3. The number of rotatable bonds is 6. The standard InChI is InChI=1S/C19H16BrN3O2S/c20-14-3-1-4-16(11-14)21-19(24)13-7-9-15(10-8-13)23-26-18-6-2-5-17(12-18)22-25/h1-12,22-23,25H,(H,21,24). The second-order valence-corrected chi connectivity index (χ2v) is 7.18. The van der Waals surface area contributed by atoms with Crippen LogP contribution in [0.5, 0.6) is 0 Å². The van der Waals surface area contributed by atoms with Gasteiger partial charge in [0.25, 0.3) is 5.91 Å². The summed E-state index contributed by atoms with van der Waals surface area (Å²) in [7, 11) is 0. The van der Waals surface area contributed by atoms with Crippen LogP contribution < -0.4 is 15.5 Å². The van der Waals surface area contributed by atoms with Gasteiger partial charge in [-0.15, -0.1) is 0 Å². The van der Waals surface area contributed by atoms with Crippen LogP contribution in [0.15, 0.2) is 82.2 Å². The highest BCUT2D eigenvalue weighted by Crippen LogP contribution is 2.24. The summed E-state index contributed by atoms with van der Waals surface area (Å²) in [5.74, 6) is -0.163. The maximum atomic E-state index is 12.3. The van der Waals surface area contributed by atoms with Gasteiger partial charge < -0.3 is 10.0 Å². The van der Waals surface area contributed by atoms with E-state index >= 15 is 0 Å². The van der Waals surface area contributed by atoms with E-state index in [2.05, 4.69) is 31.4 Å². The molecule has 1 amide bonds. The molecule has 4 N–H and O–H groups in total. The molecule has 0 saturated carbocycles. The zero-order valence-electron chi connectivity index (χ0n) is 13.6. The third-order valence-corrected chi connectivity index (χ3v) is 4.80. The van der Waals surface area contributed by atoms with E-state index in [0.29, 0.717) is 11.3 Å². The van der Waals surface area contributed by atoms with Crippen molar-refractivity contribution in [1.82, 2.24) is 0 Å². The highest BCUT2D eigenvalue weighted by atomic mass is 79.9. The van der Waals surface area contributed by atoms with Crippen molar-refractivity contribution >= 4 is 50.8 Å². The van der Waals surface area contributed by atoms with E-state index in [-0.39, 0.29) is 5.91 Å². The molecular formula is C19H16BrN3O2S. The van der Waals surface area contributed by atoms with Gasteiger partial charge >= 0.3 is 0 Å². The molecule has 132 valence electrons. The summed E-state index contributed by atoms with van der Waals surface area (Å²) < 4.78 is 4.11. The summed E-state index contributed by atoms with van der Waals surface area (Å²) in [5, 5.41) is 11.8. The molecule has 3 aromatic rings. The van der Waals surface area contributed by atoms with Gasteiger partial charge in [-0.05, 0) is 72.6 Å². The quantitative estimate of drug-likeness (QED) is 0.302. The molecule has 26 heavy (non-hydrogen) atoms. The van der Waals surface area contributed by atoms with Gasteiger partial charge in [0, 0.05) is 26.3 Å². The molecule has 0 fully saturated rings. The predicted molar refractivity (Wildman–Crippen MR) is 110 cm³/mol. The highest BCUT2D eigenvalue weighted by molar-refractivity contribution is 9.10. The topological polar surface area (TPSA) is 73.4 Å². The maximum Gasteiger partial charge on any atom is 0.255 e. The molecule has 0 aromatic heterocycles. The molecule has 3 aromatic carbocycles. The average molecular weight is 430 g/mol. The lowest BCUT2D eigenvalue weighted by Gasteiger charge is -2.09. The normalized spacial score (nSPS) is 10.2. The Hall–Kier alpha value is -2.48. The molecule has 5 nitrogen and oxygen atoms in total. The fourth-order valence-electron chi connectivity index (χ4n) is 2.21. The lowest BCUT2D eigenvalue weighted by molar-refractivity contribution is 0.102. The van der Waals surface area contributed by atoms with Gasteiger partial charge in [-0.25, -0.2) is 0 Å². The molecule has 7 heteroatoms. The fourth-order valence-corrected chi connectivity index (χ4v) is 3.31. The van der Waals surface area contributed by atoms with E-state index in [1.54, 1.807) is 18.2 Å². The molecule has 0 heterocycles. The van der Waals surface area contributed by atoms with Crippen LogP contribution in [0, 0.1) is 0 Å². The van der Waals surface area contributed by atoms with Gasteiger partial charge in [-0.2, -0.15) is 0 Å². The van der Waals surface area contributed by atoms with Crippen LogP contribution >= 0.6 is 27.9 Å². The smallest absolute Gasteiger partial charge is 0.255 e. The molecular weight excluding hydrogens is 414 g/mol. The third kappa shape index (κ3) is 5.01. The van der Waals surface area contributed by atoms with Gasteiger partial charge in [-0.1, -0.05) is 28.1 Å². The molecule has 0 radical (unpaired) electrons. The first-order valence-electron chi connectivity index (χ1n) is 7.74. The molecule has 0 aliphatic rings. The van der Waals surface area contributed by atoms with Crippen molar-refractivity contribution in [3.63, 3.8) is 0 Å². The first-order chi connectivity index (χ1) is 12.6. The zero-order chi connectivity index (χ0) is 18.4. The summed E-state index contributed by atoms with van der Waals surface area (Å²) in [6, 6.07) is 22.0. The Morgan fingerprint density at radius 3 is 2.35 bits per heavy atom. The van der Waals surface area contributed by atoms with Crippen LogP contribution in [0.1, 0.15) is 10.4 Å². The number of halogens is 1. The van der Waals surface area contributed by atoms with Crippen LogP contribution in [0.3, 0.4) is 0 Å². The summed E-state index contributed by atoms with van der Waals surface area (Å²) in [6.45, 7) is 0. The molecule has 0 saturated heterocycles. The SMILES string of the molecule is O=C(Nc1cccc(Br)c1)c1ccc(NSc2cccc(NO)c2)cc1. The second-order valence-electron chi connectivity index (χ2n) is 5.39. The summed E-state index contributed by atoms with van der Waals surface area (Å²) in [6.07, 6.45) is 0. The number of carbonyl (C=O) groups is 1. The molecule has 0 atom stereocenters. The number of anilines is 3. The van der Waals surface area contributed by atoms with Gasteiger partial charge in [0.1, 0.15) is 0 Å². The second kappa shape index (κ2) is 8.75. The zero-order valence-corrected chi connectivity index (χ0v) is 16.0. The third-order valence-electron chi connectivity index (χ3n) is 3.48. The van der Waals surface area contributed by atoms with Crippen molar-refractivity contribution in [1.29, 1.82) is 0 Å². The first-order valence-corrected chi connectivity index (χ1v) is 9.35. The van der Waals surface area contributed by atoms with E-state index in [1.165, 1.54) is 11.9 Å². The fraction of sp³-hybridized carbons (Fsp3) is 0. The summed E-state index contributed by atoms with van der Waals surface area (Å²) in [4.78, 5) is 13.2. The molecule has 0 aliphatic carbocycles. The lowest BCUT2D eigenvalue weighted by atomic mass is 10.2. The minimum absolute atomic E-state index is 0.163. The molecule has 3 rings (SSSR count). The lowest BCUT2D eigenvalue weighted by Crippen LogP contribution is -2.11. The van der Waals surface area contributed by atoms with Crippen LogP contribution in [-0.4, -0.2) is 11.1 Å². The number of nitrogens with one attached hydrogen (secondary N) is 3. The van der Waals surface area contributed by atoms with Crippen LogP contribution in [0.2, 0.25) is 0 Å². The Bertz CT molecular complexity index is 903. The predicted octanol–water partition coefficient (Wildman–Crippen LogP) is 5.62. The van der Waals surface area contributed by atoms with Crippen LogP contribution in [-0.2, 0) is 0 Å². The highest BCUT2D eigenvalue weighted by Gasteiger charge is 2.06. The van der Waals surface area contributed by atoms with E-state index in [4.69, 9.17) is 5.21 Å². The number of hydrogen-bond acceptors (Lipinski definition) is 5. The van der Waals surface area contributed by atoms with Crippen LogP contribution in [0.4, 0.5) is 17.1 Å². The largest absolute Gasteiger partial charge is 0.326 e. The van der Waals surface area contributed by atoms with Crippen molar-refractivity contribution in [2.24, 2.45) is 0 Å². The van der Waals surface area contributed by atoms with Crippen molar-refractivity contribution in [2.75, 3.05) is 15.5 Å². The van der Waals surface area contributed by atoms with Gasteiger partial charge in [0.2, 0.25) is 0 Å². The Balaban J connectivity index is 1.60. The number of hydrogen-bond donors (Lipinski definition) is 4. The monoisotopic (exact) mass is 429 g/mol. The molecule has 0 unspecified atom stereocenters. The number of amides is 1. The van der Waals surface area contributed by atoms with Crippen molar-refractivity contribution < 1.29 is 10.0 Å². The van der Waals surface area contributed by atoms with E-state index in [0.717, 1.165) is 20.7 Å². The molecule has 0 aliphatic heterocycles.